The van der Waals surface area contributed by atoms with Crippen molar-refractivity contribution in [3.05, 3.63) is 86.8 Å². The van der Waals surface area contributed by atoms with Gasteiger partial charge in [-0.2, -0.15) is 0 Å². The van der Waals surface area contributed by atoms with Gasteiger partial charge in [0.1, 0.15) is 5.76 Å². The molecular formula is C26H26BrNO4. The molecule has 1 N–H and O–H groups in total. The van der Waals surface area contributed by atoms with Crippen LogP contribution in [0.2, 0.25) is 0 Å². The van der Waals surface area contributed by atoms with Crippen LogP contribution in [0.25, 0.3) is 0 Å². The Morgan fingerprint density at radius 1 is 1.12 bits per heavy atom. The Morgan fingerprint density at radius 2 is 1.88 bits per heavy atom. The maximum absolute atomic E-state index is 13.6. The van der Waals surface area contributed by atoms with Gasteiger partial charge in [-0.15, -0.1) is 0 Å². The molecule has 1 aromatic heterocycles. The number of aryl methyl sites for hydroxylation is 2. The summed E-state index contributed by atoms with van der Waals surface area (Å²) in [5.41, 5.74) is 2.34. The first kappa shape index (κ1) is 22.5. The van der Waals surface area contributed by atoms with Crippen molar-refractivity contribution in [3.8, 4) is 0 Å². The number of fused-ring (bicyclic) bond motifs is 1. The van der Waals surface area contributed by atoms with Gasteiger partial charge in [-0.3, -0.25) is 9.59 Å². The number of benzene rings is 2. The van der Waals surface area contributed by atoms with E-state index in [1.165, 1.54) is 5.56 Å². The summed E-state index contributed by atoms with van der Waals surface area (Å²) in [4.78, 5) is 28.0. The Labute approximate surface area is 196 Å². The van der Waals surface area contributed by atoms with E-state index in [4.69, 9.17) is 4.42 Å². The van der Waals surface area contributed by atoms with E-state index in [0.717, 1.165) is 15.6 Å². The minimum Gasteiger partial charge on any atom is -0.458 e. The van der Waals surface area contributed by atoms with Crippen molar-refractivity contribution < 1.29 is 19.1 Å². The van der Waals surface area contributed by atoms with Crippen LogP contribution >= 0.6 is 15.9 Å². The number of ketones is 1. The van der Waals surface area contributed by atoms with E-state index in [-0.39, 0.29) is 12.2 Å². The van der Waals surface area contributed by atoms with Crippen LogP contribution in [0, 0.1) is 13.8 Å². The van der Waals surface area contributed by atoms with Gasteiger partial charge in [0.15, 0.2) is 11.4 Å². The largest absolute Gasteiger partial charge is 0.458 e. The number of rotatable bonds is 6. The van der Waals surface area contributed by atoms with Crippen molar-refractivity contribution in [2.24, 2.45) is 0 Å². The maximum atomic E-state index is 13.6. The lowest BCUT2D eigenvalue weighted by Crippen LogP contribution is -2.41. The Morgan fingerprint density at radius 3 is 2.53 bits per heavy atom. The molecular weight excluding hydrogens is 470 g/mol. The van der Waals surface area contributed by atoms with Gasteiger partial charge in [0.2, 0.25) is 5.78 Å². The Kier molecular flexibility index (Phi) is 5.86. The van der Waals surface area contributed by atoms with Gasteiger partial charge in [0.25, 0.3) is 5.91 Å². The fourth-order valence-electron chi connectivity index (χ4n) is 4.15. The molecule has 0 radical (unpaired) electrons. The van der Waals surface area contributed by atoms with Gasteiger partial charge in [-0.1, -0.05) is 48.0 Å². The van der Waals surface area contributed by atoms with Gasteiger partial charge in [0, 0.05) is 10.0 Å². The zero-order valence-corrected chi connectivity index (χ0v) is 20.2. The smallest absolute Gasteiger partial charge is 0.264 e. The second-order valence-corrected chi connectivity index (χ2v) is 9.68. The standard InChI is InChI=1S/C26H26BrNO4/c1-15(2)18-7-5-16(3)19(11-18)14-28-22-9-8-20(27)12-21(22)26(31,25(28)30)13-23(29)24-10-6-17(4)32-24/h5-12,15,31H,13-14H2,1-4H3/t26-/m0/s1. The van der Waals surface area contributed by atoms with Crippen LogP contribution in [0.15, 0.2) is 57.4 Å². The molecule has 4 rings (SSSR count). The summed E-state index contributed by atoms with van der Waals surface area (Å²) in [7, 11) is 0. The van der Waals surface area contributed by atoms with Crippen LogP contribution in [0.4, 0.5) is 5.69 Å². The summed E-state index contributed by atoms with van der Waals surface area (Å²) in [6, 6.07) is 14.9. The number of carbonyl (C=O) groups is 2. The maximum Gasteiger partial charge on any atom is 0.264 e. The summed E-state index contributed by atoms with van der Waals surface area (Å²) in [5, 5.41) is 11.6. The lowest BCUT2D eigenvalue weighted by molar-refractivity contribution is -0.136. The molecule has 0 saturated heterocycles. The zero-order chi connectivity index (χ0) is 23.2. The molecule has 5 nitrogen and oxygen atoms in total. The SMILES string of the molecule is Cc1ccc(C(=O)C[C@@]2(O)C(=O)N(Cc3cc(C(C)C)ccc3C)c3ccc(Br)cc32)o1. The monoisotopic (exact) mass is 495 g/mol. The summed E-state index contributed by atoms with van der Waals surface area (Å²) in [6.07, 6.45) is -0.385. The third-order valence-corrected chi connectivity index (χ3v) is 6.59. The first-order chi connectivity index (χ1) is 15.1. The molecule has 6 heteroatoms. The molecule has 0 aliphatic carbocycles. The molecule has 0 bridgehead atoms. The van der Waals surface area contributed by atoms with E-state index in [1.54, 1.807) is 36.1 Å². The second-order valence-electron chi connectivity index (χ2n) is 8.76. The molecule has 2 heterocycles. The fourth-order valence-corrected chi connectivity index (χ4v) is 4.51. The fraction of sp³-hybridized carbons (Fsp3) is 0.308. The highest BCUT2D eigenvalue weighted by Crippen LogP contribution is 2.45. The van der Waals surface area contributed by atoms with Crippen molar-refractivity contribution in [2.45, 2.75) is 52.2 Å². The van der Waals surface area contributed by atoms with Gasteiger partial charge in [0.05, 0.1) is 18.7 Å². The lowest BCUT2D eigenvalue weighted by atomic mass is 9.89. The predicted octanol–water partition coefficient (Wildman–Crippen LogP) is 5.79. The van der Waals surface area contributed by atoms with Gasteiger partial charge >= 0.3 is 0 Å². The molecule has 0 saturated carbocycles. The van der Waals surface area contributed by atoms with Crippen molar-refractivity contribution >= 4 is 33.3 Å². The Balaban J connectivity index is 1.73. The molecule has 166 valence electrons. The quantitative estimate of drug-likeness (QED) is 0.439. The number of carbonyl (C=O) groups excluding carboxylic acids is 2. The molecule has 3 aromatic rings. The molecule has 2 aromatic carbocycles. The first-order valence-electron chi connectivity index (χ1n) is 10.6. The minimum atomic E-state index is -1.96. The molecule has 1 aliphatic rings. The molecule has 0 fully saturated rings. The van der Waals surface area contributed by atoms with E-state index in [1.807, 2.05) is 13.0 Å². The topological polar surface area (TPSA) is 70.8 Å². The molecule has 0 unspecified atom stereocenters. The van der Waals surface area contributed by atoms with Crippen LogP contribution in [-0.2, 0) is 16.9 Å². The number of hydrogen-bond donors (Lipinski definition) is 1. The first-order valence-corrected chi connectivity index (χ1v) is 11.4. The van der Waals surface area contributed by atoms with Crippen LogP contribution in [-0.4, -0.2) is 16.8 Å². The number of halogens is 1. The zero-order valence-electron chi connectivity index (χ0n) is 18.6. The summed E-state index contributed by atoms with van der Waals surface area (Å²) >= 11 is 3.43. The second kappa shape index (κ2) is 8.34. The van der Waals surface area contributed by atoms with E-state index >= 15 is 0 Å². The molecule has 32 heavy (non-hydrogen) atoms. The average Bonchev–Trinajstić information content (AvgIpc) is 3.26. The Hall–Kier alpha value is -2.70. The summed E-state index contributed by atoms with van der Waals surface area (Å²) < 4.78 is 6.15. The van der Waals surface area contributed by atoms with Crippen LogP contribution < -0.4 is 4.90 Å². The van der Waals surface area contributed by atoms with Crippen LogP contribution in [0.1, 0.15) is 64.8 Å². The van der Waals surface area contributed by atoms with Crippen molar-refractivity contribution in [3.63, 3.8) is 0 Å². The highest BCUT2D eigenvalue weighted by Gasteiger charge is 2.51. The minimum absolute atomic E-state index is 0.138. The summed E-state index contributed by atoms with van der Waals surface area (Å²) in [6.45, 7) is 8.33. The van der Waals surface area contributed by atoms with Crippen molar-refractivity contribution in [1.29, 1.82) is 0 Å². The van der Waals surface area contributed by atoms with Gasteiger partial charge in [-0.25, -0.2) is 0 Å². The van der Waals surface area contributed by atoms with Crippen molar-refractivity contribution in [1.82, 2.24) is 0 Å². The number of anilines is 1. The number of Topliss-reactive ketones (excluding diaryl/α,β-unsaturated/α-hetero) is 1. The van der Waals surface area contributed by atoms with Crippen molar-refractivity contribution in [2.75, 3.05) is 4.90 Å². The molecule has 1 aliphatic heterocycles. The van der Waals surface area contributed by atoms with E-state index in [0.29, 0.717) is 29.5 Å². The number of nitrogens with zero attached hydrogens (tertiary/aromatic N) is 1. The molecule has 0 spiro atoms. The van der Waals surface area contributed by atoms with Gasteiger partial charge in [-0.05, 0) is 66.8 Å². The third-order valence-electron chi connectivity index (χ3n) is 6.09. The number of hydrogen-bond acceptors (Lipinski definition) is 4. The predicted molar refractivity (Wildman–Crippen MR) is 127 cm³/mol. The van der Waals surface area contributed by atoms with Crippen LogP contribution in [0.5, 0.6) is 0 Å². The lowest BCUT2D eigenvalue weighted by Gasteiger charge is -2.23. The van der Waals surface area contributed by atoms with Crippen LogP contribution in [0.3, 0.4) is 0 Å². The van der Waals surface area contributed by atoms with E-state index < -0.39 is 17.3 Å². The molecule has 1 atom stereocenters. The van der Waals surface area contributed by atoms with Gasteiger partial charge < -0.3 is 14.4 Å². The normalized spacial score (nSPS) is 17.8. The van der Waals surface area contributed by atoms with E-state index in [2.05, 4.69) is 48.0 Å². The summed E-state index contributed by atoms with van der Waals surface area (Å²) in [5.74, 6) is 0.178. The average molecular weight is 496 g/mol. The highest BCUT2D eigenvalue weighted by molar-refractivity contribution is 9.10. The third kappa shape index (κ3) is 3.93. The van der Waals surface area contributed by atoms with E-state index in [9.17, 15) is 14.7 Å². The Bertz CT molecular complexity index is 1210. The molecule has 1 amide bonds. The number of amides is 1. The highest BCUT2D eigenvalue weighted by atomic mass is 79.9. The number of aliphatic hydroxyl groups is 1. The number of furan rings is 1.